The molecule has 0 aliphatic carbocycles. The van der Waals surface area contributed by atoms with Gasteiger partial charge in [-0.25, -0.2) is 13.2 Å². The van der Waals surface area contributed by atoms with E-state index < -0.39 is 28.3 Å². The number of carbonyl (C=O) groups excluding carboxylic acids is 1. The number of fused-ring (bicyclic) bond motifs is 1. The summed E-state index contributed by atoms with van der Waals surface area (Å²) in [5.74, 6) is -2.88. The number of carboxylic acid groups (broad SMARTS) is 1. The van der Waals surface area contributed by atoms with Gasteiger partial charge in [-0.2, -0.15) is 17.5 Å². The minimum Gasteiger partial charge on any atom is -0.475 e. The highest BCUT2D eigenvalue weighted by molar-refractivity contribution is 7.88. The molecule has 0 unspecified atom stereocenters. The number of amides is 1. The number of alkyl halides is 3. The van der Waals surface area contributed by atoms with Crippen LogP contribution in [0.15, 0.2) is 24.4 Å². The van der Waals surface area contributed by atoms with Crippen LogP contribution in [0, 0.1) is 0 Å². The summed E-state index contributed by atoms with van der Waals surface area (Å²) < 4.78 is 62.6. The monoisotopic (exact) mass is 467 g/mol. The molecule has 174 valence electrons. The van der Waals surface area contributed by atoms with E-state index >= 15 is 0 Å². The van der Waals surface area contributed by atoms with Crippen LogP contribution in [0.1, 0.15) is 25.0 Å². The molecule has 2 saturated heterocycles. The van der Waals surface area contributed by atoms with E-state index in [1.54, 1.807) is 6.20 Å². The maximum atomic E-state index is 12.3. The zero-order valence-corrected chi connectivity index (χ0v) is 17.5. The second-order valence-corrected chi connectivity index (χ2v) is 9.07. The quantitative estimate of drug-likeness (QED) is 0.661. The molecule has 3 heterocycles. The first kappa shape index (κ1) is 25.0. The molecule has 31 heavy (non-hydrogen) atoms. The molecule has 3 atom stereocenters. The van der Waals surface area contributed by atoms with Crippen LogP contribution < -0.4 is 5.32 Å². The number of halogens is 3. The van der Waals surface area contributed by atoms with E-state index in [1.165, 1.54) is 10.6 Å². The fraction of sp³-hybridized carbons (Fsp3) is 0.611. The van der Waals surface area contributed by atoms with Crippen molar-refractivity contribution < 1.29 is 41.0 Å². The highest BCUT2D eigenvalue weighted by atomic mass is 32.2. The normalized spacial score (nSPS) is 23.9. The van der Waals surface area contributed by atoms with Crippen molar-refractivity contribution >= 4 is 21.9 Å². The van der Waals surface area contributed by atoms with Crippen molar-refractivity contribution in [2.24, 2.45) is 0 Å². The molecule has 3 rings (SSSR count). The van der Waals surface area contributed by atoms with Crippen molar-refractivity contribution in [3.63, 3.8) is 0 Å². The van der Waals surface area contributed by atoms with E-state index in [9.17, 15) is 26.4 Å². The van der Waals surface area contributed by atoms with E-state index in [2.05, 4.69) is 10.3 Å². The van der Waals surface area contributed by atoms with Gasteiger partial charge in [0, 0.05) is 31.4 Å². The van der Waals surface area contributed by atoms with Crippen LogP contribution in [0.3, 0.4) is 0 Å². The van der Waals surface area contributed by atoms with Gasteiger partial charge in [0.05, 0.1) is 18.4 Å². The zero-order valence-electron chi connectivity index (χ0n) is 16.7. The summed E-state index contributed by atoms with van der Waals surface area (Å²) >= 11 is 0. The first-order valence-corrected chi connectivity index (χ1v) is 11.3. The number of hydrogen-bond acceptors (Lipinski definition) is 6. The summed E-state index contributed by atoms with van der Waals surface area (Å²) in [7, 11) is -3.21. The Morgan fingerprint density at radius 3 is 2.52 bits per heavy atom. The summed E-state index contributed by atoms with van der Waals surface area (Å²) in [4.78, 5) is 25.4. The molecule has 2 aliphatic rings. The standard InChI is InChI=1S/C16H23N3O4S.C2HF3O2/c1-24(21,22)19-11-8-14-13(19)5-6-15(23-14)16(20)18-10-7-12-4-2-3-9-17-12;3-2(4,5)1(6)7/h2-4,9,13-15H,5-8,10-11H2,1H3,(H,18,20);(H,6,7)/t13-,14-,15+;/m1./s1. The van der Waals surface area contributed by atoms with Gasteiger partial charge in [0.25, 0.3) is 0 Å². The Labute approximate surface area is 177 Å². The molecule has 0 spiro atoms. The molecular weight excluding hydrogens is 443 g/mol. The van der Waals surface area contributed by atoms with E-state index in [-0.39, 0.29) is 18.1 Å². The van der Waals surface area contributed by atoms with E-state index in [4.69, 9.17) is 14.6 Å². The second kappa shape index (κ2) is 10.4. The van der Waals surface area contributed by atoms with Crippen LogP contribution >= 0.6 is 0 Å². The fourth-order valence-electron chi connectivity index (χ4n) is 3.47. The molecule has 0 aromatic carbocycles. The van der Waals surface area contributed by atoms with Gasteiger partial charge in [-0.15, -0.1) is 0 Å². The average molecular weight is 467 g/mol. The number of carboxylic acids is 1. The van der Waals surface area contributed by atoms with Gasteiger partial charge < -0.3 is 15.2 Å². The van der Waals surface area contributed by atoms with Gasteiger partial charge in [-0.3, -0.25) is 9.78 Å². The first-order valence-electron chi connectivity index (χ1n) is 9.49. The molecular formula is C18H24F3N3O6S. The van der Waals surface area contributed by atoms with Gasteiger partial charge in [-0.1, -0.05) is 6.07 Å². The van der Waals surface area contributed by atoms with Crippen LogP contribution in [0.2, 0.25) is 0 Å². The number of aromatic nitrogens is 1. The summed E-state index contributed by atoms with van der Waals surface area (Å²) in [6, 6.07) is 5.57. The lowest BCUT2D eigenvalue weighted by molar-refractivity contribution is -0.192. The first-order chi connectivity index (χ1) is 14.4. The SMILES string of the molecule is CS(=O)(=O)N1CC[C@H]2O[C@H](C(=O)NCCc3ccccn3)CC[C@H]21.O=C(O)C(F)(F)F. The minimum absolute atomic E-state index is 0.123. The summed E-state index contributed by atoms with van der Waals surface area (Å²) in [6.07, 6.45) is -0.267. The van der Waals surface area contributed by atoms with Crippen LogP contribution in [-0.2, 0) is 30.8 Å². The largest absolute Gasteiger partial charge is 0.490 e. The third kappa shape index (κ3) is 7.43. The molecule has 9 nitrogen and oxygen atoms in total. The van der Waals surface area contributed by atoms with E-state index in [0.29, 0.717) is 38.8 Å². The number of carbonyl (C=O) groups is 2. The number of nitrogens with zero attached hydrogens (tertiary/aromatic N) is 2. The van der Waals surface area contributed by atoms with Crippen LogP contribution in [0.5, 0.6) is 0 Å². The Bertz CT molecular complexity index is 866. The fourth-order valence-corrected chi connectivity index (χ4v) is 4.64. The third-order valence-electron chi connectivity index (χ3n) is 4.86. The predicted molar refractivity (Wildman–Crippen MR) is 102 cm³/mol. The molecule has 1 amide bonds. The highest BCUT2D eigenvalue weighted by Crippen LogP contribution is 2.32. The lowest BCUT2D eigenvalue weighted by atomic mass is 9.99. The number of nitrogens with one attached hydrogen (secondary N) is 1. The Kier molecular flexibility index (Phi) is 8.37. The molecule has 0 saturated carbocycles. The van der Waals surface area contributed by atoms with Crippen LogP contribution in [-0.4, -0.2) is 78.5 Å². The molecule has 1 aromatic heterocycles. The molecule has 2 N–H and O–H groups in total. The van der Waals surface area contributed by atoms with Crippen molar-refractivity contribution in [3.05, 3.63) is 30.1 Å². The van der Waals surface area contributed by atoms with E-state index in [1.807, 2.05) is 18.2 Å². The Balaban J connectivity index is 0.000000423. The second-order valence-electron chi connectivity index (χ2n) is 7.14. The Hall–Kier alpha value is -2.25. The smallest absolute Gasteiger partial charge is 0.475 e. The lowest BCUT2D eigenvalue weighted by Crippen LogP contribution is -2.49. The zero-order chi connectivity index (χ0) is 23.2. The maximum Gasteiger partial charge on any atom is 0.490 e. The van der Waals surface area contributed by atoms with Gasteiger partial charge in [-0.05, 0) is 31.4 Å². The number of hydrogen-bond donors (Lipinski definition) is 2. The van der Waals surface area contributed by atoms with Crippen molar-refractivity contribution in [1.29, 1.82) is 0 Å². The van der Waals surface area contributed by atoms with Crippen molar-refractivity contribution in [3.8, 4) is 0 Å². The highest BCUT2D eigenvalue weighted by Gasteiger charge is 2.44. The number of aliphatic carboxylic acids is 1. The molecule has 2 fully saturated rings. The summed E-state index contributed by atoms with van der Waals surface area (Å²) in [5.41, 5.74) is 0.932. The van der Waals surface area contributed by atoms with Gasteiger partial charge in [0.1, 0.15) is 6.10 Å². The minimum atomic E-state index is -5.08. The van der Waals surface area contributed by atoms with Crippen molar-refractivity contribution in [2.45, 2.75) is 50.1 Å². The van der Waals surface area contributed by atoms with Crippen LogP contribution in [0.4, 0.5) is 13.2 Å². The van der Waals surface area contributed by atoms with Gasteiger partial charge in [0.15, 0.2) is 0 Å². The number of sulfonamides is 1. The maximum absolute atomic E-state index is 12.3. The number of ether oxygens (including phenoxy) is 1. The lowest BCUT2D eigenvalue weighted by Gasteiger charge is -2.34. The molecule has 13 heteroatoms. The van der Waals surface area contributed by atoms with Crippen molar-refractivity contribution in [1.82, 2.24) is 14.6 Å². The van der Waals surface area contributed by atoms with Crippen LogP contribution in [0.25, 0.3) is 0 Å². The van der Waals surface area contributed by atoms with Gasteiger partial charge in [0.2, 0.25) is 15.9 Å². The molecule has 0 bridgehead atoms. The molecule has 0 radical (unpaired) electrons. The summed E-state index contributed by atoms with van der Waals surface area (Å²) in [5, 5.41) is 10.0. The Morgan fingerprint density at radius 1 is 1.29 bits per heavy atom. The molecule has 2 aliphatic heterocycles. The van der Waals surface area contributed by atoms with E-state index in [0.717, 1.165) is 5.69 Å². The number of rotatable bonds is 5. The topological polar surface area (TPSA) is 126 Å². The van der Waals surface area contributed by atoms with Gasteiger partial charge >= 0.3 is 12.1 Å². The third-order valence-corrected chi connectivity index (χ3v) is 6.17. The van der Waals surface area contributed by atoms with Crippen molar-refractivity contribution in [2.75, 3.05) is 19.3 Å². The predicted octanol–water partition coefficient (Wildman–Crippen LogP) is 0.955. The molecule has 1 aromatic rings. The Morgan fingerprint density at radius 2 is 1.97 bits per heavy atom. The number of pyridine rings is 1. The summed E-state index contributed by atoms with van der Waals surface area (Å²) in [6.45, 7) is 0.988. The average Bonchev–Trinajstić information content (AvgIpc) is 3.12.